The molecule has 2 aliphatic rings. The van der Waals surface area contributed by atoms with Gasteiger partial charge in [0.2, 0.25) is 0 Å². The molecule has 1 fully saturated rings. The van der Waals surface area contributed by atoms with Crippen LogP contribution in [0.5, 0.6) is 0 Å². The van der Waals surface area contributed by atoms with E-state index in [4.69, 9.17) is 5.73 Å². The van der Waals surface area contributed by atoms with Gasteiger partial charge in [-0.3, -0.25) is 4.90 Å². The highest BCUT2D eigenvalue weighted by Crippen LogP contribution is 2.40. The first-order chi connectivity index (χ1) is 9.20. The molecule has 0 saturated carbocycles. The molecule has 0 aromatic heterocycles. The Morgan fingerprint density at radius 1 is 1.32 bits per heavy atom. The van der Waals surface area contributed by atoms with E-state index in [0.717, 1.165) is 19.4 Å². The highest BCUT2D eigenvalue weighted by molar-refractivity contribution is 5.35. The van der Waals surface area contributed by atoms with Crippen LogP contribution in [0.25, 0.3) is 0 Å². The molecule has 1 aromatic carbocycles. The van der Waals surface area contributed by atoms with Gasteiger partial charge in [-0.25, -0.2) is 4.39 Å². The lowest BCUT2D eigenvalue weighted by Gasteiger charge is -2.44. The Hall–Kier alpha value is -0.930. The summed E-state index contributed by atoms with van der Waals surface area (Å²) >= 11 is 0. The van der Waals surface area contributed by atoms with Crippen molar-refractivity contribution in [1.29, 1.82) is 0 Å². The molecule has 0 radical (unpaired) electrons. The molecule has 0 spiro atoms. The number of hydrogen-bond acceptors (Lipinski definition) is 2. The number of fused-ring (bicyclic) bond motifs is 1. The Morgan fingerprint density at radius 3 is 2.95 bits per heavy atom. The van der Waals surface area contributed by atoms with Crippen molar-refractivity contribution in [3.63, 3.8) is 0 Å². The van der Waals surface area contributed by atoms with Crippen molar-refractivity contribution in [3.05, 3.63) is 35.1 Å². The number of likely N-dealkylation sites (tertiary alicyclic amines) is 1. The summed E-state index contributed by atoms with van der Waals surface area (Å²) in [6, 6.07) is 6.81. The Morgan fingerprint density at radius 2 is 2.16 bits per heavy atom. The van der Waals surface area contributed by atoms with E-state index in [0.29, 0.717) is 18.1 Å². The summed E-state index contributed by atoms with van der Waals surface area (Å²) in [5.41, 5.74) is 8.49. The zero-order valence-corrected chi connectivity index (χ0v) is 11.6. The van der Waals surface area contributed by atoms with E-state index in [9.17, 15) is 4.39 Å². The van der Waals surface area contributed by atoms with Crippen molar-refractivity contribution in [2.45, 2.75) is 57.2 Å². The van der Waals surface area contributed by atoms with Gasteiger partial charge < -0.3 is 5.73 Å². The van der Waals surface area contributed by atoms with Crippen LogP contribution in [0.3, 0.4) is 0 Å². The lowest BCUT2D eigenvalue weighted by atomic mass is 9.92. The van der Waals surface area contributed by atoms with Gasteiger partial charge in [0, 0.05) is 24.7 Å². The van der Waals surface area contributed by atoms with Crippen LogP contribution in [0.4, 0.5) is 4.39 Å². The Balaban J connectivity index is 1.90. The van der Waals surface area contributed by atoms with Crippen molar-refractivity contribution in [2.24, 2.45) is 5.73 Å². The summed E-state index contributed by atoms with van der Waals surface area (Å²) < 4.78 is 13.3. The van der Waals surface area contributed by atoms with Gasteiger partial charge in [0.25, 0.3) is 0 Å². The number of rotatable bonds is 2. The molecule has 1 heterocycles. The molecule has 3 unspecified atom stereocenters. The van der Waals surface area contributed by atoms with Crippen LogP contribution in [-0.4, -0.2) is 23.5 Å². The molecule has 19 heavy (non-hydrogen) atoms. The quantitative estimate of drug-likeness (QED) is 0.887. The summed E-state index contributed by atoms with van der Waals surface area (Å²) in [4.78, 5) is 2.60. The van der Waals surface area contributed by atoms with Crippen LogP contribution in [0.15, 0.2) is 18.2 Å². The molecule has 104 valence electrons. The lowest BCUT2D eigenvalue weighted by Crippen LogP contribution is -2.50. The minimum atomic E-state index is -0.110. The summed E-state index contributed by atoms with van der Waals surface area (Å²) in [6.45, 7) is 3.04. The fraction of sp³-hybridized carbons (Fsp3) is 0.625. The number of nitrogens with zero attached hydrogens (tertiary/aromatic N) is 1. The molecule has 2 N–H and O–H groups in total. The maximum Gasteiger partial charge on any atom is 0.123 e. The molecule has 3 heteroatoms. The highest BCUT2D eigenvalue weighted by Gasteiger charge is 2.36. The van der Waals surface area contributed by atoms with Crippen LogP contribution in [0.2, 0.25) is 0 Å². The van der Waals surface area contributed by atoms with Crippen molar-refractivity contribution >= 4 is 0 Å². The molecule has 0 amide bonds. The number of piperidine rings is 1. The van der Waals surface area contributed by atoms with Gasteiger partial charge in [0.1, 0.15) is 5.82 Å². The number of hydrogen-bond donors (Lipinski definition) is 1. The highest BCUT2D eigenvalue weighted by atomic mass is 19.1. The van der Waals surface area contributed by atoms with E-state index in [1.807, 2.05) is 6.07 Å². The zero-order chi connectivity index (χ0) is 13.4. The fourth-order valence-corrected chi connectivity index (χ4v) is 3.98. The van der Waals surface area contributed by atoms with E-state index in [1.54, 1.807) is 12.1 Å². The molecular formula is C16H23FN2. The number of nitrogens with two attached hydrogens (primary N) is 1. The monoisotopic (exact) mass is 262 g/mol. The first-order valence-corrected chi connectivity index (χ1v) is 7.46. The van der Waals surface area contributed by atoms with Crippen LogP contribution in [0.1, 0.15) is 49.8 Å². The normalized spacial score (nSPS) is 31.4. The van der Waals surface area contributed by atoms with Gasteiger partial charge >= 0.3 is 0 Å². The molecular weight excluding hydrogens is 239 g/mol. The second-order valence-corrected chi connectivity index (χ2v) is 6.01. The van der Waals surface area contributed by atoms with E-state index in [1.165, 1.54) is 30.4 Å². The Bertz CT molecular complexity index is 460. The molecule has 2 nitrogen and oxygen atoms in total. The summed E-state index contributed by atoms with van der Waals surface area (Å²) in [5, 5.41) is 0. The second-order valence-electron chi connectivity index (χ2n) is 6.01. The molecule has 1 aromatic rings. The van der Waals surface area contributed by atoms with Gasteiger partial charge in [-0.1, -0.05) is 12.5 Å². The average molecular weight is 262 g/mol. The SMILES string of the molecule is CC1CCCC(CN)N1C1CCc2cc(F)ccc21. The van der Waals surface area contributed by atoms with Gasteiger partial charge in [0.05, 0.1) is 0 Å². The molecule has 3 atom stereocenters. The third kappa shape index (κ3) is 2.30. The molecule has 0 bridgehead atoms. The third-order valence-corrected chi connectivity index (χ3v) is 4.87. The van der Waals surface area contributed by atoms with Crippen molar-refractivity contribution in [2.75, 3.05) is 6.54 Å². The van der Waals surface area contributed by atoms with Crippen molar-refractivity contribution < 1.29 is 4.39 Å². The summed E-state index contributed by atoms with van der Waals surface area (Å²) in [6.07, 6.45) is 5.85. The van der Waals surface area contributed by atoms with Gasteiger partial charge in [0.15, 0.2) is 0 Å². The maximum absolute atomic E-state index is 13.3. The second kappa shape index (κ2) is 5.22. The largest absolute Gasteiger partial charge is 0.329 e. The lowest BCUT2D eigenvalue weighted by molar-refractivity contribution is 0.0497. The van der Waals surface area contributed by atoms with Gasteiger partial charge in [-0.15, -0.1) is 0 Å². The number of benzene rings is 1. The van der Waals surface area contributed by atoms with Crippen LogP contribution in [0, 0.1) is 5.82 Å². The standard InChI is InChI=1S/C16H23FN2/c1-11-3-2-4-14(10-18)19(11)16-8-5-12-9-13(17)6-7-15(12)16/h6-7,9,11,14,16H,2-5,8,10,18H2,1H3. The summed E-state index contributed by atoms with van der Waals surface area (Å²) in [7, 11) is 0. The van der Waals surface area contributed by atoms with Crippen LogP contribution < -0.4 is 5.73 Å². The third-order valence-electron chi connectivity index (χ3n) is 4.87. The smallest absolute Gasteiger partial charge is 0.123 e. The predicted octanol–water partition coefficient (Wildman–Crippen LogP) is 3.01. The van der Waals surface area contributed by atoms with Crippen LogP contribution >= 0.6 is 0 Å². The molecule has 1 aliphatic heterocycles. The first kappa shape index (κ1) is 13.1. The maximum atomic E-state index is 13.3. The molecule has 1 saturated heterocycles. The molecule has 1 aliphatic carbocycles. The van der Waals surface area contributed by atoms with Crippen molar-refractivity contribution in [3.8, 4) is 0 Å². The average Bonchev–Trinajstić information content (AvgIpc) is 2.81. The van der Waals surface area contributed by atoms with Gasteiger partial charge in [-0.2, -0.15) is 0 Å². The zero-order valence-electron chi connectivity index (χ0n) is 11.6. The number of aryl methyl sites for hydroxylation is 1. The van der Waals surface area contributed by atoms with E-state index < -0.39 is 0 Å². The van der Waals surface area contributed by atoms with E-state index >= 15 is 0 Å². The van der Waals surface area contributed by atoms with Crippen molar-refractivity contribution in [1.82, 2.24) is 4.90 Å². The van der Waals surface area contributed by atoms with Gasteiger partial charge in [-0.05, 0) is 55.9 Å². The van der Waals surface area contributed by atoms with Crippen LogP contribution in [-0.2, 0) is 6.42 Å². The predicted molar refractivity (Wildman–Crippen MR) is 75.5 cm³/mol. The first-order valence-electron chi connectivity index (χ1n) is 7.46. The Labute approximate surface area is 114 Å². The summed E-state index contributed by atoms with van der Waals surface area (Å²) in [5.74, 6) is -0.110. The number of halogens is 1. The van der Waals surface area contributed by atoms with E-state index in [-0.39, 0.29) is 5.82 Å². The Kier molecular flexibility index (Phi) is 3.59. The minimum Gasteiger partial charge on any atom is -0.329 e. The fourth-order valence-electron chi connectivity index (χ4n) is 3.98. The van der Waals surface area contributed by atoms with E-state index in [2.05, 4.69) is 11.8 Å². The molecule has 3 rings (SSSR count). The minimum absolute atomic E-state index is 0.110. The topological polar surface area (TPSA) is 29.3 Å².